The Bertz CT molecular complexity index is 695. The Labute approximate surface area is 149 Å². The molecule has 1 amide bonds. The van der Waals surface area contributed by atoms with Crippen molar-refractivity contribution >= 4 is 5.91 Å². The van der Waals surface area contributed by atoms with Gasteiger partial charge >= 0.3 is 5.69 Å². The van der Waals surface area contributed by atoms with Crippen LogP contribution in [0.1, 0.15) is 63.3 Å². The van der Waals surface area contributed by atoms with Crippen molar-refractivity contribution in [3.63, 3.8) is 0 Å². The molecule has 5 heteroatoms. The molecule has 0 aromatic carbocycles. The first-order valence-corrected chi connectivity index (χ1v) is 9.91. The molecule has 1 heterocycles. The number of carbonyl (C=O) groups excluding carboxylic acids is 1. The van der Waals surface area contributed by atoms with Crippen molar-refractivity contribution in [1.82, 2.24) is 14.9 Å². The number of carbonyl (C=O) groups is 1. The summed E-state index contributed by atoms with van der Waals surface area (Å²) in [5.41, 5.74) is 2.03. The van der Waals surface area contributed by atoms with Gasteiger partial charge in [-0.1, -0.05) is 0 Å². The van der Waals surface area contributed by atoms with E-state index in [4.69, 9.17) is 0 Å². The number of imidazole rings is 1. The second-order valence-electron chi connectivity index (χ2n) is 9.11. The molecule has 5 rings (SSSR count). The quantitative estimate of drug-likeness (QED) is 0.862. The van der Waals surface area contributed by atoms with Gasteiger partial charge in [0.1, 0.15) is 0 Å². The van der Waals surface area contributed by atoms with Gasteiger partial charge in [-0.25, -0.2) is 4.79 Å². The summed E-state index contributed by atoms with van der Waals surface area (Å²) in [6, 6.07) is 0.249. The predicted octanol–water partition coefficient (Wildman–Crippen LogP) is 2.90. The molecule has 4 aliphatic rings. The Hall–Kier alpha value is -1.52. The lowest BCUT2D eigenvalue weighted by Crippen LogP contribution is -2.55. The molecular formula is C20H31N3O2. The molecule has 0 radical (unpaired) electrons. The average molecular weight is 345 g/mol. The lowest BCUT2D eigenvalue weighted by Gasteiger charge is -2.59. The molecular weight excluding hydrogens is 314 g/mol. The molecule has 0 spiro atoms. The van der Waals surface area contributed by atoms with Crippen LogP contribution in [0.3, 0.4) is 0 Å². The molecule has 0 aliphatic heterocycles. The summed E-state index contributed by atoms with van der Waals surface area (Å²) in [6.07, 6.45) is 8.55. The van der Waals surface area contributed by atoms with Gasteiger partial charge in [-0.3, -0.25) is 9.36 Å². The van der Waals surface area contributed by atoms with Gasteiger partial charge in [0.05, 0.1) is 0 Å². The molecule has 5 nitrogen and oxygen atoms in total. The van der Waals surface area contributed by atoms with Crippen molar-refractivity contribution in [2.75, 3.05) is 0 Å². The zero-order valence-corrected chi connectivity index (χ0v) is 15.7. The van der Waals surface area contributed by atoms with Crippen molar-refractivity contribution in [1.29, 1.82) is 0 Å². The Morgan fingerprint density at radius 1 is 1.20 bits per heavy atom. The Kier molecular flexibility index (Phi) is 4.08. The molecule has 1 aromatic heterocycles. The largest absolute Gasteiger partial charge is 0.353 e. The van der Waals surface area contributed by atoms with E-state index in [0.717, 1.165) is 29.1 Å². The Morgan fingerprint density at radius 2 is 1.76 bits per heavy atom. The zero-order valence-electron chi connectivity index (χ0n) is 15.7. The number of amides is 1. The van der Waals surface area contributed by atoms with Crippen LogP contribution in [0, 0.1) is 37.0 Å². The van der Waals surface area contributed by atoms with Crippen LogP contribution in [-0.2, 0) is 11.3 Å². The van der Waals surface area contributed by atoms with Gasteiger partial charge in [-0.2, -0.15) is 0 Å². The minimum absolute atomic E-state index is 0.0772. The normalized spacial score (nSPS) is 34.3. The van der Waals surface area contributed by atoms with Crippen LogP contribution in [0.25, 0.3) is 0 Å². The molecule has 1 unspecified atom stereocenters. The smallest absolute Gasteiger partial charge is 0.325 e. The lowest BCUT2D eigenvalue weighted by molar-refractivity contribution is -0.126. The third-order valence-electron chi connectivity index (χ3n) is 7.43. The van der Waals surface area contributed by atoms with Crippen LogP contribution in [0.2, 0.25) is 0 Å². The van der Waals surface area contributed by atoms with Gasteiger partial charge in [-0.05, 0) is 82.5 Å². The summed E-state index contributed by atoms with van der Waals surface area (Å²) in [5, 5.41) is 3.29. The maximum atomic E-state index is 12.5. The number of aryl methyl sites for hydroxylation is 1. The van der Waals surface area contributed by atoms with Crippen LogP contribution in [-0.4, -0.2) is 21.5 Å². The van der Waals surface area contributed by atoms with Crippen LogP contribution in [0.5, 0.6) is 0 Å². The van der Waals surface area contributed by atoms with Crippen LogP contribution in [0.15, 0.2) is 4.79 Å². The van der Waals surface area contributed by atoms with E-state index in [-0.39, 0.29) is 17.6 Å². The summed E-state index contributed by atoms with van der Waals surface area (Å²) in [6.45, 7) is 6.48. The van der Waals surface area contributed by atoms with E-state index in [9.17, 15) is 9.59 Å². The molecule has 4 fully saturated rings. The first-order chi connectivity index (χ1) is 11.9. The molecule has 1 atom stereocenters. The first kappa shape index (κ1) is 16.9. The standard InChI is InChI=1S/C20H31N3O2/c1-12-13(2)23(19(25)21-12)5-4-18(24)22-14(3)20-9-15-6-16(10-20)8-17(7-15)11-20/h14-17H,4-11H2,1-3H3,(H,21,25)(H,22,24). The van der Waals surface area contributed by atoms with Gasteiger partial charge in [0.2, 0.25) is 5.91 Å². The van der Waals surface area contributed by atoms with E-state index >= 15 is 0 Å². The highest BCUT2D eigenvalue weighted by Crippen LogP contribution is 2.61. The SMILES string of the molecule is Cc1[nH]c(=O)n(CCC(=O)NC(C)C23CC4CC(CC(C4)C2)C3)c1C. The maximum Gasteiger partial charge on any atom is 0.325 e. The summed E-state index contributed by atoms with van der Waals surface area (Å²) >= 11 is 0. The van der Waals surface area contributed by atoms with E-state index in [0.29, 0.717) is 18.4 Å². The third-order valence-corrected chi connectivity index (χ3v) is 7.43. The molecule has 2 N–H and O–H groups in total. The average Bonchev–Trinajstić information content (AvgIpc) is 2.76. The highest BCUT2D eigenvalue weighted by molar-refractivity contribution is 5.76. The molecule has 0 saturated heterocycles. The number of hydrogen-bond acceptors (Lipinski definition) is 2. The molecule has 4 saturated carbocycles. The number of rotatable bonds is 5. The van der Waals surface area contributed by atoms with E-state index in [1.165, 1.54) is 38.5 Å². The van der Waals surface area contributed by atoms with E-state index in [2.05, 4.69) is 17.2 Å². The van der Waals surface area contributed by atoms with Crippen molar-refractivity contribution in [3.8, 4) is 0 Å². The van der Waals surface area contributed by atoms with Crippen LogP contribution >= 0.6 is 0 Å². The van der Waals surface area contributed by atoms with Gasteiger partial charge in [0, 0.05) is 30.4 Å². The number of nitrogens with zero attached hydrogens (tertiary/aromatic N) is 1. The number of hydrogen-bond donors (Lipinski definition) is 2. The van der Waals surface area contributed by atoms with E-state index < -0.39 is 0 Å². The number of aromatic amines is 1. The summed E-state index contributed by atoms with van der Waals surface area (Å²) in [4.78, 5) is 27.2. The fourth-order valence-electron chi connectivity index (χ4n) is 6.33. The molecule has 4 aliphatic carbocycles. The van der Waals surface area contributed by atoms with Crippen molar-refractivity contribution in [2.45, 2.75) is 78.3 Å². The zero-order chi connectivity index (χ0) is 17.8. The lowest BCUT2D eigenvalue weighted by atomic mass is 9.48. The summed E-state index contributed by atoms with van der Waals surface area (Å²) in [5.74, 6) is 2.77. The first-order valence-electron chi connectivity index (χ1n) is 9.91. The topological polar surface area (TPSA) is 66.9 Å². The summed E-state index contributed by atoms with van der Waals surface area (Å²) in [7, 11) is 0. The number of nitrogens with one attached hydrogen (secondary N) is 2. The molecule has 138 valence electrons. The van der Waals surface area contributed by atoms with Gasteiger partial charge < -0.3 is 10.3 Å². The monoisotopic (exact) mass is 345 g/mol. The fourth-order valence-corrected chi connectivity index (χ4v) is 6.33. The second kappa shape index (κ2) is 6.03. The minimum Gasteiger partial charge on any atom is -0.353 e. The highest BCUT2D eigenvalue weighted by Gasteiger charge is 2.53. The predicted molar refractivity (Wildman–Crippen MR) is 97.4 cm³/mol. The number of aromatic nitrogens is 2. The van der Waals surface area contributed by atoms with Crippen molar-refractivity contribution < 1.29 is 4.79 Å². The Balaban J connectivity index is 1.37. The van der Waals surface area contributed by atoms with Gasteiger partial charge in [-0.15, -0.1) is 0 Å². The third kappa shape index (κ3) is 2.96. The number of H-pyrrole nitrogens is 1. The summed E-state index contributed by atoms with van der Waals surface area (Å²) < 4.78 is 1.67. The van der Waals surface area contributed by atoms with Gasteiger partial charge in [0.25, 0.3) is 0 Å². The highest BCUT2D eigenvalue weighted by atomic mass is 16.2. The Morgan fingerprint density at radius 3 is 2.24 bits per heavy atom. The van der Waals surface area contributed by atoms with Crippen molar-refractivity contribution in [3.05, 3.63) is 21.9 Å². The molecule has 4 bridgehead atoms. The molecule has 25 heavy (non-hydrogen) atoms. The van der Waals surface area contributed by atoms with E-state index in [1.54, 1.807) is 4.57 Å². The van der Waals surface area contributed by atoms with Crippen LogP contribution in [0.4, 0.5) is 0 Å². The van der Waals surface area contributed by atoms with Crippen molar-refractivity contribution in [2.24, 2.45) is 23.2 Å². The molecule has 1 aromatic rings. The minimum atomic E-state index is -0.114. The fraction of sp³-hybridized carbons (Fsp3) is 0.800. The van der Waals surface area contributed by atoms with Gasteiger partial charge in [0.15, 0.2) is 0 Å². The van der Waals surface area contributed by atoms with Crippen LogP contribution < -0.4 is 11.0 Å². The maximum absolute atomic E-state index is 12.5. The second-order valence-corrected chi connectivity index (χ2v) is 9.11. The van der Waals surface area contributed by atoms with E-state index in [1.807, 2.05) is 13.8 Å².